The first-order valence-electron chi connectivity index (χ1n) is 14.8. The fourth-order valence-corrected chi connectivity index (χ4v) is 8.73. The minimum Gasteiger partial charge on any atom is -0.299 e. The van der Waals surface area contributed by atoms with Gasteiger partial charge in [0, 0.05) is 10.8 Å². The molecule has 5 atom stereocenters. The highest BCUT2D eigenvalue weighted by Gasteiger charge is 2.55. The second-order valence-corrected chi connectivity index (χ2v) is 12.9. The van der Waals surface area contributed by atoms with Crippen molar-refractivity contribution in [2.24, 2.45) is 23.2 Å². The first-order chi connectivity index (χ1) is 18.5. The number of carbonyl (C=O) groups excluding carboxylic acids is 1. The molecule has 0 bridgehead atoms. The molecular weight excluding hydrogens is 480 g/mol. The molecule has 1 nitrogen and oxygen atoms in total. The van der Waals surface area contributed by atoms with Crippen molar-refractivity contribution >= 4 is 30.2 Å². The lowest BCUT2D eigenvalue weighted by Crippen LogP contribution is -2.43. The molecule has 0 radical (unpaired) electrons. The molecule has 2 saturated carbocycles. The van der Waals surface area contributed by atoms with E-state index >= 15 is 0 Å². The summed E-state index contributed by atoms with van der Waals surface area (Å²) in [7, 11) is 0. The van der Waals surface area contributed by atoms with Crippen LogP contribution in [-0.2, 0) is 4.79 Å². The van der Waals surface area contributed by atoms with Crippen molar-refractivity contribution in [2.75, 3.05) is 6.26 Å². The first-order valence-corrected chi connectivity index (χ1v) is 16.0. The van der Waals surface area contributed by atoms with Gasteiger partial charge in [-0.3, -0.25) is 4.79 Å². The Balaban J connectivity index is 1.51. The lowest BCUT2D eigenvalue weighted by molar-refractivity contribution is -0.104. The van der Waals surface area contributed by atoms with E-state index in [0.29, 0.717) is 17.3 Å². The molecule has 0 saturated heterocycles. The fourth-order valence-electron chi connectivity index (χ4n) is 8.32. The predicted octanol–water partition coefficient (Wildman–Crippen LogP) is 10.1. The van der Waals surface area contributed by atoms with E-state index in [1.165, 1.54) is 64.8 Å². The number of fused-ring (bicyclic) bond motifs is 3. The minimum absolute atomic E-state index is 0.415. The molecule has 5 unspecified atom stereocenters. The van der Waals surface area contributed by atoms with Crippen molar-refractivity contribution in [3.05, 3.63) is 88.0 Å². The van der Waals surface area contributed by atoms with Gasteiger partial charge >= 0.3 is 0 Å². The predicted molar refractivity (Wildman–Crippen MR) is 164 cm³/mol. The minimum atomic E-state index is 0.415. The third kappa shape index (κ3) is 5.14. The van der Waals surface area contributed by atoms with Gasteiger partial charge in [0.05, 0.1) is 0 Å². The summed E-state index contributed by atoms with van der Waals surface area (Å²) in [6, 6.07) is 18.2. The lowest BCUT2D eigenvalue weighted by Gasteiger charge is -2.52. The zero-order valence-corrected chi connectivity index (χ0v) is 24.5. The Morgan fingerprint density at radius 1 is 0.947 bits per heavy atom. The number of aldehydes is 1. The number of hydrogen-bond acceptors (Lipinski definition) is 2. The van der Waals surface area contributed by atoms with Gasteiger partial charge in [-0.25, -0.2) is 0 Å². The third-order valence-electron chi connectivity index (χ3n) is 10.2. The number of rotatable bonds is 8. The molecule has 0 heterocycles. The Hall–Kier alpha value is -2.32. The van der Waals surface area contributed by atoms with E-state index in [9.17, 15) is 4.79 Å². The van der Waals surface area contributed by atoms with Gasteiger partial charge in [0.25, 0.3) is 0 Å². The van der Waals surface area contributed by atoms with Gasteiger partial charge in [0.2, 0.25) is 0 Å². The number of thioether (sulfide) groups is 1. The standard InChI is InChI=1S/C36H44OS/c1-5-7-31-28(22-23-37)16-20-32-34-21-17-29(6-2)36(34,3)24-33(35(31)32)27-14-10-25(11-15-27)8-9-26-12-18-30(38-4)19-13-26/h8-15,18-19,22-23,29,32-34H,5-7,16-17,20-21,24H2,1-4H3/b9-8+,28-22-. The smallest absolute Gasteiger partial charge is 0.143 e. The SMILES string of the molecule is CCCC1=C2C(c3ccc(/C=C/c4ccc(SC)cc4)cc3)CC3(C)C(CC)CCC3C2CC/C1=C/C=O. The van der Waals surface area contributed by atoms with Crippen molar-refractivity contribution in [3.63, 3.8) is 0 Å². The number of allylic oxidation sites excluding steroid dienone is 4. The number of benzene rings is 2. The normalized spacial score (nSPS) is 30.1. The van der Waals surface area contributed by atoms with Crippen LogP contribution in [0.1, 0.15) is 94.7 Å². The third-order valence-corrected chi connectivity index (χ3v) is 10.9. The first kappa shape index (κ1) is 27.3. The second kappa shape index (κ2) is 11.8. The van der Waals surface area contributed by atoms with Crippen LogP contribution in [0.3, 0.4) is 0 Å². The van der Waals surface area contributed by atoms with Gasteiger partial charge in [-0.05, 0) is 114 Å². The highest BCUT2D eigenvalue weighted by Crippen LogP contribution is 2.65. The van der Waals surface area contributed by atoms with Crippen LogP contribution in [0.25, 0.3) is 12.2 Å². The lowest BCUT2D eigenvalue weighted by atomic mass is 9.52. The Morgan fingerprint density at radius 2 is 1.63 bits per heavy atom. The summed E-state index contributed by atoms with van der Waals surface area (Å²) in [4.78, 5) is 12.9. The highest BCUT2D eigenvalue weighted by atomic mass is 32.2. The van der Waals surface area contributed by atoms with Crippen LogP contribution in [-0.4, -0.2) is 12.5 Å². The van der Waals surface area contributed by atoms with Crippen molar-refractivity contribution in [1.82, 2.24) is 0 Å². The Labute approximate surface area is 234 Å². The van der Waals surface area contributed by atoms with E-state index in [2.05, 4.69) is 87.7 Å². The van der Waals surface area contributed by atoms with E-state index < -0.39 is 0 Å². The summed E-state index contributed by atoms with van der Waals surface area (Å²) in [5.41, 5.74) is 8.91. The molecule has 0 spiro atoms. The Morgan fingerprint density at radius 3 is 2.24 bits per heavy atom. The average Bonchev–Trinajstić information content (AvgIpc) is 3.29. The van der Waals surface area contributed by atoms with E-state index in [1.807, 2.05) is 6.08 Å². The molecule has 5 rings (SSSR count). The van der Waals surface area contributed by atoms with Crippen molar-refractivity contribution in [2.45, 2.75) is 83.0 Å². The Bertz CT molecular complexity index is 1210. The van der Waals surface area contributed by atoms with Gasteiger partial charge in [-0.15, -0.1) is 11.8 Å². The Kier molecular flexibility index (Phi) is 8.48. The molecule has 2 fully saturated rings. The summed E-state index contributed by atoms with van der Waals surface area (Å²) in [5.74, 6) is 2.76. The molecule has 38 heavy (non-hydrogen) atoms. The molecular formula is C36H44OS. The summed E-state index contributed by atoms with van der Waals surface area (Å²) < 4.78 is 0. The van der Waals surface area contributed by atoms with Crippen molar-refractivity contribution < 1.29 is 4.79 Å². The van der Waals surface area contributed by atoms with Crippen LogP contribution in [0.4, 0.5) is 0 Å². The largest absolute Gasteiger partial charge is 0.299 e. The molecule has 2 heteroatoms. The topological polar surface area (TPSA) is 17.1 Å². The molecule has 0 amide bonds. The maximum atomic E-state index is 11.6. The quantitative estimate of drug-likeness (QED) is 0.148. The zero-order valence-electron chi connectivity index (χ0n) is 23.7. The number of carbonyl (C=O) groups is 1. The molecule has 0 aromatic heterocycles. The van der Waals surface area contributed by atoms with Crippen LogP contribution in [0.5, 0.6) is 0 Å². The van der Waals surface area contributed by atoms with E-state index in [4.69, 9.17) is 0 Å². The van der Waals surface area contributed by atoms with E-state index in [1.54, 1.807) is 17.3 Å². The molecule has 2 aromatic rings. The van der Waals surface area contributed by atoms with Crippen molar-refractivity contribution in [1.29, 1.82) is 0 Å². The monoisotopic (exact) mass is 524 g/mol. The molecule has 200 valence electrons. The van der Waals surface area contributed by atoms with Crippen LogP contribution in [0, 0.1) is 23.2 Å². The summed E-state index contributed by atoms with van der Waals surface area (Å²) >= 11 is 1.78. The number of hydrogen-bond donors (Lipinski definition) is 0. The van der Waals surface area contributed by atoms with Crippen LogP contribution in [0.2, 0.25) is 0 Å². The maximum absolute atomic E-state index is 11.6. The molecule has 0 aliphatic heterocycles. The van der Waals surface area contributed by atoms with Gasteiger partial charge in [0.15, 0.2) is 0 Å². The van der Waals surface area contributed by atoms with Crippen LogP contribution >= 0.6 is 11.8 Å². The van der Waals surface area contributed by atoms with Gasteiger partial charge in [0.1, 0.15) is 6.29 Å². The summed E-state index contributed by atoms with van der Waals surface area (Å²) in [5, 5.41) is 0. The van der Waals surface area contributed by atoms with Crippen LogP contribution < -0.4 is 0 Å². The fraction of sp³-hybridized carbons (Fsp3) is 0.472. The molecule has 3 aliphatic rings. The molecule has 2 aromatic carbocycles. The van der Waals surface area contributed by atoms with E-state index in [-0.39, 0.29) is 0 Å². The van der Waals surface area contributed by atoms with Gasteiger partial charge < -0.3 is 0 Å². The maximum Gasteiger partial charge on any atom is 0.143 e. The second-order valence-electron chi connectivity index (χ2n) is 12.0. The zero-order chi connectivity index (χ0) is 26.7. The van der Waals surface area contributed by atoms with Gasteiger partial charge in [-0.2, -0.15) is 0 Å². The summed E-state index contributed by atoms with van der Waals surface area (Å²) in [6.45, 7) is 7.32. The molecule has 3 aliphatic carbocycles. The summed E-state index contributed by atoms with van der Waals surface area (Å²) in [6.07, 6.45) is 19.3. The average molecular weight is 525 g/mol. The van der Waals surface area contributed by atoms with Crippen LogP contribution in [0.15, 0.2) is 76.2 Å². The van der Waals surface area contributed by atoms with Gasteiger partial charge in [-0.1, -0.05) is 87.7 Å². The van der Waals surface area contributed by atoms with Crippen molar-refractivity contribution in [3.8, 4) is 0 Å². The highest BCUT2D eigenvalue weighted by molar-refractivity contribution is 7.98. The van der Waals surface area contributed by atoms with E-state index in [0.717, 1.165) is 37.4 Å². The molecule has 0 N–H and O–H groups in total.